The number of amides is 1. The quantitative estimate of drug-likeness (QED) is 0.895. The van der Waals surface area contributed by atoms with Gasteiger partial charge in [-0.05, 0) is 43.5 Å². The molecule has 126 valence electrons. The number of nitrogens with one attached hydrogen (secondary N) is 1. The van der Waals surface area contributed by atoms with E-state index in [-0.39, 0.29) is 11.8 Å². The number of carbonyl (C=O) groups is 1. The van der Waals surface area contributed by atoms with E-state index in [1.807, 2.05) is 6.92 Å². The van der Waals surface area contributed by atoms with Crippen molar-refractivity contribution in [1.29, 1.82) is 0 Å². The van der Waals surface area contributed by atoms with Crippen LogP contribution in [0.1, 0.15) is 18.4 Å². The predicted molar refractivity (Wildman–Crippen MR) is 96.8 cm³/mol. The summed E-state index contributed by atoms with van der Waals surface area (Å²) in [6, 6.07) is 5.25. The Morgan fingerprint density at radius 3 is 2.33 bits per heavy atom. The lowest BCUT2D eigenvalue weighted by Crippen LogP contribution is -2.39. The summed E-state index contributed by atoms with van der Waals surface area (Å²) >= 11 is 12.2. The Hall–Kier alpha value is -1.85. The molecular formula is C17H18Cl2N4O. The predicted octanol–water partition coefficient (Wildman–Crippen LogP) is 3.95. The molecule has 0 saturated carbocycles. The summed E-state index contributed by atoms with van der Waals surface area (Å²) in [5.74, 6) is 0.678. The summed E-state index contributed by atoms with van der Waals surface area (Å²) in [5, 5.41) is 4.02. The van der Waals surface area contributed by atoms with Crippen molar-refractivity contribution in [2.75, 3.05) is 23.3 Å². The number of anilines is 2. The fraction of sp³-hybridized carbons (Fsp3) is 0.353. The van der Waals surface area contributed by atoms with E-state index in [4.69, 9.17) is 23.2 Å². The van der Waals surface area contributed by atoms with Crippen LogP contribution in [0.3, 0.4) is 0 Å². The second-order valence-electron chi connectivity index (χ2n) is 5.86. The first kappa shape index (κ1) is 17.0. The maximum Gasteiger partial charge on any atom is 0.227 e. The lowest BCUT2D eigenvalue weighted by atomic mass is 9.96. The average molecular weight is 365 g/mol. The van der Waals surface area contributed by atoms with Gasteiger partial charge in [-0.2, -0.15) is 0 Å². The number of rotatable bonds is 3. The molecule has 1 saturated heterocycles. The highest BCUT2D eigenvalue weighted by Crippen LogP contribution is 2.29. The van der Waals surface area contributed by atoms with Crippen molar-refractivity contribution in [2.45, 2.75) is 19.8 Å². The lowest BCUT2D eigenvalue weighted by molar-refractivity contribution is -0.120. The largest absolute Gasteiger partial charge is 0.341 e. The number of nitrogens with zero attached hydrogens (tertiary/aromatic N) is 3. The van der Waals surface area contributed by atoms with Crippen LogP contribution >= 0.6 is 23.2 Å². The SMILES string of the molecule is Cc1c(Cl)cc(NC(=O)C2CCN(c3ncccn3)CC2)cc1Cl. The number of aromatic nitrogens is 2. The van der Waals surface area contributed by atoms with Crippen LogP contribution in [0.15, 0.2) is 30.6 Å². The molecule has 1 fully saturated rings. The molecule has 2 aromatic rings. The fourth-order valence-corrected chi connectivity index (χ4v) is 3.25. The number of hydrogen-bond donors (Lipinski definition) is 1. The zero-order valence-electron chi connectivity index (χ0n) is 13.3. The first-order valence-electron chi connectivity index (χ1n) is 7.83. The zero-order chi connectivity index (χ0) is 17.1. The van der Waals surface area contributed by atoms with E-state index in [1.54, 1.807) is 30.6 Å². The van der Waals surface area contributed by atoms with Gasteiger partial charge in [-0.1, -0.05) is 23.2 Å². The summed E-state index contributed by atoms with van der Waals surface area (Å²) in [6.45, 7) is 3.37. The van der Waals surface area contributed by atoms with Crippen molar-refractivity contribution in [3.05, 3.63) is 46.2 Å². The number of halogens is 2. The van der Waals surface area contributed by atoms with Crippen LogP contribution in [0.25, 0.3) is 0 Å². The van der Waals surface area contributed by atoms with Gasteiger partial charge in [-0.25, -0.2) is 9.97 Å². The maximum atomic E-state index is 12.5. The van der Waals surface area contributed by atoms with E-state index < -0.39 is 0 Å². The molecule has 1 aliphatic rings. The summed E-state index contributed by atoms with van der Waals surface area (Å²) in [5.41, 5.74) is 1.45. The molecule has 0 spiro atoms. The Kier molecular flexibility index (Phi) is 5.21. The van der Waals surface area contributed by atoms with Crippen molar-refractivity contribution < 1.29 is 4.79 Å². The Labute approximate surface area is 151 Å². The molecular weight excluding hydrogens is 347 g/mol. The number of benzene rings is 1. The van der Waals surface area contributed by atoms with Crippen LogP contribution in [0.4, 0.5) is 11.6 Å². The van der Waals surface area contributed by atoms with Gasteiger partial charge >= 0.3 is 0 Å². The molecule has 0 radical (unpaired) electrons. The minimum atomic E-state index is -0.0381. The summed E-state index contributed by atoms with van der Waals surface area (Å²) in [7, 11) is 0. The van der Waals surface area contributed by atoms with Crippen molar-refractivity contribution in [2.24, 2.45) is 5.92 Å². The van der Waals surface area contributed by atoms with E-state index in [1.165, 1.54) is 0 Å². The first-order chi connectivity index (χ1) is 11.5. The minimum Gasteiger partial charge on any atom is -0.341 e. The monoisotopic (exact) mass is 364 g/mol. The van der Waals surface area contributed by atoms with Gasteiger partial charge in [0.15, 0.2) is 0 Å². The molecule has 1 aromatic heterocycles. The van der Waals surface area contributed by atoms with Gasteiger partial charge in [0.1, 0.15) is 0 Å². The molecule has 2 heterocycles. The third-order valence-corrected chi connectivity index (χ3v) is 5.03. The Morgan fingerprint density at radius 2 is 1.75 bits per heavy atom. The molecule has 0 aliphatic carbocycles. The number of hydrogen-bond acceptors (Lipinski definition) is 4. The summed E-state index contributed by atoms with van der Waals surface area (Å²) < 4.78 is 0. The summed E-state index contributed by atoms with van der Waals surface area (Å²) in [4.78, 5) is 23.1. The Morgan fingerprint density at radius 1 is 1.17 bits per heavy atom. The molecule has 1 amide bonds. The zero-order valence-corrected chi connectivity index (χ0v) is 14.8. The lowest BCUT2D eigenvalue weighted by Gasteiger charge is -2.31. The van der Waals surface area contributed by atoms with Gasteiger partial charge in [0.25, 0.3) is 0 Å². The van der Waals surface area contributed by atoms with Crippen LogP contribution in [0.2, 0.25) is 10.0 Å². The highest BCUT2D eigenvalue weighted by Gasteiger charge is 2.26. The van der Waals surface area contributed by atoms with Gasteiger partial charge in [0.05, 0.1) is 0 Å². The van der Waals surface area contributed by atoms with E-state index >= 15 is 0 Å². The van der Waals surface area contributed by atoms with Gasteiger partial charge < -0.3 is 10.2 Å². The smallest absolute Gasteiger partial charge is 0.227 e. The Bertz CT molecular complexity index is 708. The van der Waals surface area contributed by atoms with Crippen LogP contribution in [-0.4, -0.2) is 29.0 Å². The van der Waals surface area contributed by atoms with E-state index in [9.17, 15) is 4.79 Å². The van der Waals surface area contributed by atoms with Gasteiger partial charge in [0, 0.05) is 47.1 Å². The highest BCUT2D eigenvalue weighted by atomic mass is 35.5. The third kappa shape index (κ3) is 3.79. The van der Waals surface area contributed by atoms with E-state index in [0.29, 0.717) is 21.7 Å². The maximum absolute atomic E-state index is 12.5. The van der Waals surface area contributed by atoms with Gasteiger partial charge in [0.2, 0.25) is 11.9 Å². The number of piperidine rings is 1. The van der Waals surface area contributed by atoms with Crippen molar-refractivity contribution in [3.8, 4) is 0 Å². The molecule has 0 atom stereocenters. The van der Waals surface area contributed by atoms with Crippen molar-refractivity contribution in [3.63, 3.8) is 0 Å². The minimum absolute atomic E-state index is 0.000355. The normalized spacial score (nSPS) is 15.4. The fourth-order valence-electron chi connectivity index (χ4n) is 2.76. The molecule has 5 nitrogen and oxygen atoms in total. The topological polar surface area (TPSA) is 58.1 Å². The second-order valence-corrected chi connectivity index (χ2v) is 6.68. The molecule has 1 aromatic carbocycles. The van der Waals surface area contributed by atoms with Crippen LogP contribution < -0.4 is 10.2 Å². The molecule has 0 unspecified atom stereocenters. The second kappa shape index (κ2) is 7.36. The number of carbonyl (C=O) groups excluding carboxylic acids is 1. The van der Waals surface area contributed by atoms with Gasteiger partial charge in [-0.3, -0.25) is 4.79 Å². The standard InChI is InChI=1S/C17H18Cl2N4O/c1-11-14(18)9-13(10-15(11)19)22-16(24)12-3-7-23(8-4-12)17-20-5-2-6-21-17/h2,5-6,9-10,12H,3-4,7-8H2,1H3,(H,22,24). The van der Waals surface area contributed by atoms with Gasteiger partial charge in [-0.15, -0.1) is 0 Å². The molecule has 24 heavy (non-hydrogen) atoms. The highest BCUT2D eigenvalue weighted by molar-refractivity contribution is 6.36. The third-order valence-electron chi connectivity index (χ3n) is 4.25. The van der Waals surface area contributed by atoms with E-state index in [0.717, 1.165) is 31.5 Å². The first-order valence-corrected chi connectivity index (χ1v) is 8.58. The molecule has 1 aliphatic heterocycles. The molecule has 3 rings (SSSR count). The molecule has 1 N–H and O–H groups in total. The van der Waals surface area contributed by atoms with Crippen LogP contribution in [0.5, 0.6) is 0 Å². The Balaban J connectivity index is 1.59. The van der Waals surface area contributed by atoms with Crippen molar-refractivity contribution in [1.82, 2.24) is 9.97 Å². The summed E-state index contributed by atoms with van der Waals surface area (Å²) in [6.07, 6.45) is 4.98. The van der Waals surface area contributed by atoms with Crippen LogP contribution in [0, 0.1) is 12.8 Å². The molecule has 0 bridgehead atoms. The van der Waals surface area contributed by atoms with Crippen LogP contribution in [-0.2, 0) is 4.79 Å². The average Bonchev–Trinajstić information content (AvgIpc) is 2.60. The van der Waals surface area contributed by atoms with Crippen molar-refractivity contribution >= 4 is 40.7 Å². The molecule has 7 heteroatoms. The van der Waals surface area contributed by atoms with E-state index in [2.05, 4.69) is 20.2 Å².